The van der Waals surface area contributed by atoms with Crippen molar-refractivity contribution in [2.45, 2.75) is 33.3 Å². The molecule has 1 aromatic carbocycles. The van der Waals surface area contributed by atoms with E-state index in [1.165, 1.54) is 9.88 Å². The summed E-state index contributed by atoms with van der Waals surface area (Å²) in [6.07, 6.45) is 1.19. The number of hydrogen-bond acceptors (Lipinski definition) is 4. The third-order valence-corrected chi connectivity index (χ3v) is 3.96. The van der Waals surface area contributed by atoms with Crippen LogP contribution in [-0.4, -0.2) is 24.7 Å². The zero-order valence-electron chi connectivity index (χ0n) is 12.6. The van der Waals surface area contributed by atoms with Crippen molar-refractivity contribution in [3.05, 3.63) is 34.2 Å². The Morgan fingerprint density at radius 3 is 2.55 bits per heavy atom. The molecule has 0 radical (unpaired) electrons. The molecular weight excluding hydrogens is 268 g/mol. The number of nitrogens with one attached hydrogen (secondary N) is 1. The molecule has 0 fully saturated rings. The maximum absolute atomic E-state index is 5.67. The van der Waals surface area contributed by atoms with E-state index in [9.17, 15) is 0 Å². The van der Waals surface area contributed by atoms with Gasteiger partial charge in [0.15, 0.2) is 0 Å². The summed E-state index contributed by atoms with van der Waals surface area (Å²) in [5.74, 6) is 0.909. The maximum atomic E-state index is 5.67. The summed E-state index contributed by atoms with van der Waals surface area (Å²) in [6.45, 7) is 7.17. The first-order chi connectivity index (χ1) is 9.60. The van der Waals surface area contributed by atoms with Crippen molar-refractivity contribution >= 4 is 11.3 Å². The molecule has 3 nitrogen and oxygen atoms in total. The number of aryl methyl sites for hydroxylation is 1. The van der Waals surface area contributed by atoms with Gasteiger partial charge in [-0.3, -0.25) is 0 Å². The van der Waals surface area contributed by atoms with E-state index in [0.717, 1.165) is 30.0 Å². The van der Waals surface area contributed by atoms with E-state index in [0.29, 0.717) is 0 Å². The molecule has 20 heavy (non-hydrogen) atoms. The van der Waals surface area contributed by atoms with Crippen LogP contribution in [0.4, 0.5) is 0 Å². The van der Waals surface area contributed by atoms with Crippen LogP contribution in [0.1, 0.15) is 23.7 Å². The van der Waals surface area contributed by atoms with Crippen LogP contribution in [0.15, 0.2) is 24.3 Å². The van der Waals surface area contributed by atoms with Crippen LogP contribution in [0.3, 0.4) is 0 Å². The Bertz CT molecular complexity index is 546. The molecule has 0 saturated carbocycles. The van der Waals surface area contributed by atoms with Gasteiger partial charge in [-0.1, -0.05) is 0 Å². The molecule has 4 heteroatoms. The summed E-state index contributed by atoms with van der Waals surface area (Å²) in [5.41, 5.74) is 2.25. The SMILES string of the molecule is CNCCc1nc(-c2ccc(OC(C)C)cc2)c(C)s1. The van der Waals surface area contributed by atoms with Crippen LogP contribution < -0.4 is 10.1 Å². The maximum Gasteiger partial charge on any atom is 0.119 e. The Balaban J connectivity index is 2.16. The van der Waals surface area contributed by atoms with Gasteiger partial charge in [0.2, 0.25) is 0 Å². The van der Waals surface area contributed by atoms with Gasteiger partial charge in [0.05, 0.1) is 16.8 Å². The number of likely N-dealkylation sites (N-methyl/N-ethyl adjacent to an activating group) is 1. The number of ether oxygens (including phenoxy) is 1. The van der Waals surface area contributed by atoms with Crippen LogP contribution in [0, 0.1) is 6.92 Å². The summed E-state index contributed by atoms with van der Waals surface area (Å²) in [5, 5.41) is 4.35. The molecule has 0 aliphatic heterocycles. The monoisotopic (exact) mass is 290 g/mol. The first-order valence-corrected chi connectivity index (χ1v) is 7.79. The van der Waals surface area contributed by atoms with Crippen LogP contribution in [0.25, 0.3) is 11.3 Å². The van der Waals surface area contributed by atoms with Gasteiger partial charge >= 0.3 is 0 Å². The molecule has 0 unspecified atom stereocenters. The molecule has 0 bridgehead atoms. The van der Waals surface area contributed by atoms with Crippen molar-refractivity contribution in [2.24, 2.45) is 0 Å². The zero-order valence-corrected chi connectivity index (χ0v) is 13.4. The molecule has 2 rings (SSSR count). The second kappa shape index (κ2) is 6.86. The van der Waals surface area contributed by atoms with Crippen LogP contribution >= 0.6 is 11.3 Å². The zero-order chi connectivity index (χ0) is 14.5. The molecule has 0 amide bonds. The minimum Gasteiger partial charge on any atom is -0.491 e. The molecule has 2 aromatic rings. The predicted octanol–water partition coefficient (Wildman–Crippen LogP) is 3.67. The molecule has 1 N–H and O–H groups in total. The Kier molecular flexibility index (Phi) is 5.15. The minimum absolute atomic E-state index is 0.204. The lowest BCUT2D eigenvalue weighted by molar-refractivity contribution is 0.242. The first kappa shape index (κ1) is 15.0. The van der Waals surface area contributed by atoms with Crippen molar-refractivity contribution in [1.82, 2.24) is 10.3 Å². The second-order valence-electron chi connectivity index (χ2n) is 5.06. The van der Waals surface area contributed by atoms with Gasteiger partial charge in [-0.25, -0.2) is 4.98 Å². The van der Waals surface area contributed by atoms with Gasteiger partial charge in [0.25, 0.3) is 0 Å². The molecule has 108 valence electrons. The standard InChI is InChI=1S/C16H22N2OS/c1-11(2)19-14-7-5-13(6-8-14)16-12(3)20-15(18-16)9-10-17-4/h5-8,11,17H,9-10H2,1-4H3. The molecule has 0 saturated heterocycles. The highest BCUT2D eigenvalue weighted by atomic mass is 32.1. The van der Waals surface area contributed by atoms with Gasteiger partial charge in [0.1, 0.15) is 5.75 Å². The Morgan fingerprint density at radius 2 is 1.95 bits per heavy atom. The highest BCUT2D eigenvalue weighted by Crippen LogP contribution is 2.29. The third-order valence-electron chi connectivity index (χ3n) is 2.93. The molecule has 1 aromatic heterocycles. The predicted molar refractivity (Wildman–Crippen MR) is 85.7 cm³/mol. The lowest BCUT2D eigenvalue weighted by atomic mass is 10.1. The summed E-state index contributed by atoms with van der Waals surface area (Å²) >= 11 is 1.78. The van der Waals surface area contributed by atoms with Crippen LogP contribution in [0.2, 0.25) is 0 Å². The van der Waals surface area contributed by atoms with Crippen molar-refractivity contribution in [3.63, 3.8) is 0 Å². The van der Waals surface area contributed by atoms with Crippen molar-refractivity contribution in [2.75, 3.05) is 13.6 Å². The summed E-state index contributed by atoms with van der Waals surface area (Å²) in [4.78, 5) is 6.02. The van der Waals surface area contributed by atoms with Crippen LogP contribution in [0.5, 0.6) is 5.75 Å². The van der Waals surface area contributed by atoms with E-state index in [1.807, 2.05) is 33.0 Å². The van der Waals surface area contributed by atoms with E-state index in [1.54, 1.807) is 11.3 Å². The van der Waals surface area contributed by atoms with Gasteiger partial charge in [0, 0.05) is 23.4 Å². The molecule has 1 heterocycles. The number of nitrogens with zero attached hydrogens (tertiary/aromatic N) is 1. The average molecular weight is 290 g/mol. The average Bonchev–Trinajstić information content (AvgIpc) is 2.78. The number of hydrogen-bond donors (Lipinski definition) is 1. The van der Waals surface area contributed by atoms with Crippen molar-refractivity contribution in [3.8, 4) is 17.0 Å². The number of rotatable bonds is 6. The number of aromatic nitrogens is 1. The summed E-state index contributed by atoms with van der Waals surface area (Å²) in [7, 11) is 1.97. The van der Waals surface area contributed by atoms with E-state index < -0.39 is 0 Å². The fraction of sp³-hybridized carbons (Fsp3) is 0.438. The largest absolute Gasteiger partial charge is 0.491 e. The van der Waals surface area contributed by atoms with E-state index in [2.05, 4.69) is 24.4 Å². The van der Waals surface area contributed by atoms with Crippen molar-refractivity contribution < 1.29 is 4.74 Å². The normalized spacial score (nSPS) is 11.1. The first-order valence-electron chi connectivity index (χ1n) is 6.98. The highest BCUT2D eigenvalue weighted by molar-refractivity contribution is 7.12. The van der Waals surface area contributed by atoms with E-state index in [-0.39, 0.29) is 6.10 Å². The lowest BCUT2D eigenvalue weighted by Gasteiger charge is -2.09. The summed E-state index contributed by atoms with van der Waals surface area (Å²) in [6, 6.07) is 8.20. The molecule has 0 atom stereocenters. The number of thiazole rings is 1. The third kappa shape index (κ3) is 3.81. The minimum atomic E-state index is 0.204. The molecule has 0 aliphatic carbocycles. The van der Waals surface area contributed by atoms with E-state index in [4.69, 9.17) is 9.72 Å². The van der Waals surface area contributed by atoms with Gasteiger partial charge < -0.3 is 10.1 Å². The molecular formula is C16H22N2OS. The van der Waals surface area contributed by atoms with Crippen molar-refractivity contribution in [1.29, 1.82) is 0 Å². The van der Waals surface area contributed by atoms with E-state index >= 15 is 0 Å². The molecule has 0 aliphatic rings. The fourth-order valence-electron chi connectivity index (χ4n) is 2.02. The van der Waals surface area contributed by atoms with Gasteiger partial charge in [-0.05, 0) is 52.1 Å². The topological polar surface area (TPSA) is 34.2 Å². The second-order valence-corrected chi connectivity index (χ2v) is 6.34. The van der Waals surface area contributed by atoms with Gasteiger partial charge in [-0.2, -0.15) is 0 Å². The Morgan fingerprint density at radius 1 is 1.25 bits per heavy atom. The fourth-order valence-corrected chi connectivity index (χ4v) is 2.98. The molecule has 0 spiro atoms. The Labute approximate surface area is 125 Å². The highest BCUT2D eigenvalue weighted by Gasteiger charge is 2.10. The summed E-state index contributed by atoms with van der Waals surface area (Å²) < 4.78 is 5.67. The van der Waals surface area contributed by atoms with Gasteiger partial charge in [-0.15, -0.1) is 11.3 Å². The number of benzene rings is 1. The Hall–Kier alpha value is -1.39. The smallest absolute Gasteiger partial charge is 0.119 e. The lowest BCUT2D eigenvalue weighted by Crippen LogP contribution is -2.09. The van der Waals surface area contributed by atoms with Crippen LogP contribution in [-0.2, 0) is 6.42 Å². The quantitative estimate of drug-likeness (QED) is 0.881.